The van der Waals surface area contributed by atoms with Crippen molar-refractivity contribution in [3.8, 4) is 0 Å². The highest BCUT2D eigenvalue weighted by molar-refractivity contribution is 7.90. The van der Waals surface area contributed by atoms with Crippen LogP contribution in [0.5, 0.6) is 0 Å². The number of carboxylic acids is 1. The van der Waals surface area contributed by atoms with Crippen molar-refractivity contribution in [2.24, 2.45) is 5.92 Å². The Bertz CT molecular complexity index is 391. The highest BCUT2D eigenvalue weighted by atomic mass is 32.2. The third-order valence-electron chi connectivity index (χ3n) is 2.54. The Balaban J connectivity index is 4.13. The summed E-state index contributed by atoms with van der Waals surface area (Å²) in [6, 6.07) is 0. The summed E-state index contributed by atoms with van der Waals surface area (Å²) in [6.07, 6.45) is 0.755. The number of hydrogen-bond donors (Lipinski definition) is 2. The maximum atomic E-state index is 11.6. The molecule has 0 bridgehead atoms. The van der Waals surface area contributed by atoms with Crippen molar-refractivity contribution in [1.82, 2.24) is 4.72 Å². The number of carboxylic acid groups (broad SMARTS) is 1. The van der Waals surface area contributed by atoms with Crippen molar-refractivity contribution in [1.29, 1.82) is 0 Å². The summed E-state index contributed by atoms with van der Waals surface area (Å²) in [7, 11) is -2.65. The van der Waals surface area contributed by atoms with Crippen molar-refractivity contribution in [3.63, 3.8) is 0 Å². The number of esters is 1. The second-order valence-electron chi connectivity index (χ2n) is 3.99. The molecule has 0 radical (unpaired) electrons. The Hall–Kier alpha value is -1.15. The van der Waals surface area contributed by atoms with E-state index in [-0.39, 0.29) is 6.54 Å². The Kier molecular flexibility index (Phi) is 6.85. The lowest BCUT2D eigenvalue weighted by molar-refractivity contribution is -0.141. The number of sulfonamides is 1. The highest BCUT2D eigenvalue weighted by Gasteiger charge is 2.28. The maximum Gasteiger partial charge on any atom is 0.325 e. The molecule has 0 aromatic rings. The fourth-order valence-electron chi connectivity index (χ4n) is 1.16. The molecule has 18 heavy (non-hydrogen) atoms. The summed E-state index contributed by atoms with van der Waals surface area (Å²) in [5.41, 5.74) is 0. The van der Waals surface area contributed by atoms with Gasteiger partial charge in [-0.25, -0.2) is 13.1 Å². The molecule has 0 fully saturated rings. The van der Waals surface area contributed by atoms with Gasteiger partial charge in [0.15, 0.2) is 5.25 Å². The van der Waals surface area contributed by atoms with Gasteiger partial charge < -0.3 is 9.84 Å². The minimum atomic E-state index is -3.76. The molecule has 0 spiro atoms. The zero-order chi connectivity index (χ0) is 14.3. The van der Waals surface area contributed by atoms with Gasteiger partial charge >= 0.3 is 11.9 Å². The van der Waals surface area contributed by atoms with E-state index in [0.29, 0.717) is 12.8 Å². The van der Waals surface area contributed by atoms with Gasteiger partial charge in [0.2, 0.25) is 10.0 Å². The van der Waals surface area contributed by atoms with Gasteiger partial charge in [-0.15, -0.1) is 0 Å². The van der Waals surface area contributed by atoms with Crippen LogP contribution in [-0.4, -0.2) is 44.4 Å². The summed E-state index contributed by atoms with van der Waals surface area (Å²) in [4.78, 5) is 21.6. The molecule has 0 aliphatic rings. The predicted octanol–water partition coefficient (Wildman–Crippen LogP) is -0.0318. The molecule has 0 aliphatic heterocycles. The minimum absolute atomic E-state index is 0.0985. The first-order valence-electron chi connectivity index (χ1n) is 5.51. The molecule has 0 rings (SSSR count). The number of rotatable bonds is 8. The molecule has 2 unspecified atom stereocenters. The van der Waals surface area contributed by atoms with Gasteiger partial charge in [0.1, 0.15) is 0 Å². The zero-order valence-electron chi connectivity index (χ0n) is 10.7. The second kappa shape index (κ2) is 7.32. The second-order valence-corrected chi connectivity index (χ2v) is 6.07. The van der Waals surface area contributed by atoms with Gasteiger partial charge in [-0.1, -0.05) is 6.92 Å². The average Bonchev–Trinajstić information content (AvgIpc) is 2.32. The van der Waals surface area contributed by atoms with Crippen LogP contribution in [0.1, 0.15) is 26.7 Å². The molecule has 0 amide bonds. The largest absolute Gasteiger partial charge is 0.481 e. The first-order chi connectivity index (χ1) is 8.22. The van der Waals surface area contributed by atoms with Gasteiger partial charge in [0.05, 0.1) is 13.0 Å². The van der Waals surface area contributed by atoms with E-state index < -0.39 is 33.1 Å². The molecule has 0 aromatic heterocycles. The first kappa shape index (κ1) is 16.9. The summed E-state index contributed by atoms with van der Waals surface area (Å²) in [6.45, 7) is 2.88. The average molecular weight is 281 g/mol. The van der Waals surface area contributed by atoms with Crippen molar-refractivity contribution >= 4 is 22.0 Å². The molecule has 2 N–H and O–H groups in total. The molecular weight excluding hydrogens is 262 g/mol. The van der Waals surface area contributed by atoms with Crippen molar-refractivity contribution in [2.75, 3.05) is 13.7 Å². The van der Waals surface area contributed by atoms with Crippen LogP contribution in [0.15, 0.2) is 0 Å². The molecule has 7 nitrogen and oxygen atoms in total. The van der Waals surface area contributed by atoms with E-state index in [2.05, 4.69) is 9.46 Å². The van der Waals surface area contributed by atoms with E-state index in [9.17, 15) is 18.0 Å². The summed E-state index contributed by atoms with van der Waals surface area (Å²) >= 11 is 0. The number of aliphatic carboxylic acids is 1. The molecule has 0 aromatic carbocycles. The van der Waals surface area contributed by atoms with Crippen molar-refractivity contribution in [3.05, 3.63) is 0 Å². The first-order valence-corrected chi connectivity index (χ1v) is 7.06. The molecule has 0 saturated carbocycles. The summed E-state index contributed by atoms with van der Waals surface area (Å²) in [5.74, 6) is -2.27. The normalized spacial score (nSPS) is 14.8. The summed E-state index contributed by atoms with van der Waals surface area (Å²) in [5, 5.41) is 7.36. The number of methoxy groups -OCH3 is 1. The van der Waals surface area contributed by atoms with Crippen LogP contribution in [0.2, 0.25) is 0 Å². The van der Waals surface area contributed by atoms with E-state index >= 15 is 0 Å². The van der Waals surface area contributed by atoms with Gasteiger partial charge in [0.25, 0.3) is 0 Å². The number of carbonyl (C=O) groups excluding carboxylic acids is 1. The topological polar surface area (TPSA) is 110 Å². The van der Waals surface area contributed by atoms with Crippen molar-refractivity contribution in [2.45, 2.75) is 31.9 Å². The van der Waals surface area contributed by atoms with Crippen LogP contribution in [0.4, 0.5) is 0 Å². The van der Waals surface area contributed by atoms with Gasteiger partial charge in [-0.3, -0.25) is 9.59 Å². The van der Waals surface area contributed by atoms with Crippen molar-refractivity contribution < 1.29 is 27.9 Å². The third kappa shape index (κ3) is 5.46. The quantitative estimate of drug-likeness (QED) is 0.477. The Morgan fingerprint density at radius 1 is 1.33 bits per heavy atom. The smallest absolute Gasteiger partial charge is 0.325 e. The molecule has 8 heteroatoms. The van der Waals surface area contributed by atoms with Crippen LogP contribution in [0.25, 0.3) is 0 Å². The Morgan fingerprint density at radius 3 is 2.33 bits per heavy atom. The lowest BCUT2D eigenvalue weighted by Crippen LogP contribution is -2.38. The predicted molar refractivity (Wildman–Crippen MR) is 64.4 cm³/mol. The molecule has 106 valence electrons. The van der Waals surface area contributed by atoms with Crippen LogP contribution >= 0.6 is 0 Å². The zero-order valence-corrected chi connectivity index (χ0v) is 11.5. The lowest BCUT2D eigenvalue weighted by Gasteiger charge is -2.12. The number of nitrogens with one attached hydrogen (secondary N) is 1. The fourth-order valence-corrected chi connectivity index (χ4v) is 2.19. The third-order valence-corrected chi connectivity index (χ3v) is 4.27. The van der Waals surface area contributed by atoms with Crippen LogP contribution in [-0.2, 0) is 24.3 Å². The number of ether oxygens (including phenoxy) is 1. The highest BCUT2D eigenvalue weighted by Crippen LogP contribution is 2.06. The fraction of sp³-hybridized carbons (Fsp3) is 0.800. The summed E-state index contributed by atoms with van der Waals surface area (Å²) < 4.78 is 29.7. The van der Waals surface area contributed by atoms with Gasteiger partial charge in [-0.2, -0.15) is 0 Å². The molecule has 2 atom stereocenters. The molecular formula is C10H19NO6S. The SMILES string of the molecule is COC(=O)C(C)S(=O)(=O)NCCCC(C)C(=O)O. The number of hydrogen-bond acceptors (Lipinski definition) is 5. The van der Waals surface area contributed by atoms with E-state index in [4.69, 9.17) is 5.11 Å². The number of carbonyl (C=O) groups is 2. The maximum absolute atomic E-state index is 11.6. The van der Waals surface area contributed by atoms with Crippen LogP contribution in [0, 0.1) is 5.92 Å². The monoisotopic (exact) mass is 281 g/mol. The van der Waals surface area contributed by atoms with E-state index in [1.165, 1.54) is 6.92 Å². The van der Waals surface area contributed by atoms with Crippen LogP contribution < -0.4 is 4.72 Å². The minimum Gasteiger partial charge on any atom is -0.481 e. The van der Waals surface area contributed by atoms with Crippen LogP contribution in [0.3, 0.4) is 0 Å². The molecule has 0 saturated heterocycles. The van der Waals surface area contributed by atoms with E-state index in [0.717, 1.165) is 7.11 Å². The van der Waals surface area contributed by atoms with Gasteiger partial charge in [0, 0.05) is 6.54 Å². The Labute approximate surface area is 107 Å². The van der Waals surface area contributed by atoms with E-state index in [1.54, 1.807) is 6.92 Å². The molecule has 0 aliphatic carbocycles. The Morgan fingerprint density at radius 2 is 1.89 bits per heavy atom. The van der Waals surface area contributed by atoms with E-state index in [1.807, 2.05) is 0 Å². The lowest BCUT2D eigenvalue weighted by atomic mass is 10.1. The van der Waals surface area contributed by atoms with Gasteiger partial charge in [-0.05, 0) is 19.8 Å². The molecule has 0 heterocycles. The standard InChI is InChI=1S/C10H19NO6S/c1-7(9(12)13)5-4-6-11-18(15,16)8(2)10(14)17-3/h7-8,11H,4-6H2,1-3H3,(H,12,13).